The summed E-state index contributed by atoms with van der Waals surface area (Å²) in [5.74, 6) is 0.547. The van der Waals surface area contributed by atoms with Crippen LogP contribution in [0.15, 0.2) is 48.5 Å². The van der Waals surface area contributed by atoms with Gasteiger partial charge in [-0.25, -0.2) is 0 Å². The molecule has 5 heteroatoms. The molecule has 7 rings (SSSR count). The van der Waals surface area contributed by atoms with E-state index < -0.39 is 5.54 Å². The zero-order valence-electron chi connectivity index (χ0n) is 14.9. The van der Waals surface area contributed by atoms with Crippen LogP contribution in [0.1, 0.15) is 46.2 Å². The van der Waals surface area contributed by atoms with E-state index in [0.717, 1.165) is 0 Å². The lowest BCUT2D eigenvalue weighted by Gasteiger charge is -2.57. The second-order valence-electron chi connectivity index (χ2n) is 8.36. The molecule has 132 valence electrons. The van der Waals surface area contributed by atoms with Gasteiger partial charge in [0.05, 0.1) is 6.04 Å². The molecule has 0 radical (unpaired) electrons. The Hall–Kier alpha value is -2.24. The molecule has 0 saturated carbocycles. The first-order valence-corrected chi connectivity index (χ1v) is 9.31. The average Bonchev–Trinajstić information content (AvgIpc) is 2.75. The van der Waals surface area contributed by atoms with Crippen molar-refractivity contribution in [1.29, 1.82) is 0 Å². The molecule has 2 aliphatic carbocycles. The second kappa shape index (κ2) is 4.53. The summed E-state index contributed by atoms with van der Waals surface area (Å²) in [5.41, 5.74) is 4.92. The summed E-state index contributed by atoms with van der Waals surface area (Å²) in [5, 5.41) is 11.8. The molecule has 0 spiro atoms. The van der Waals surface area contributed by atoms with Crippen LogP contribution in [0.3, 0.4) is 0 Å². The Morgan fingerprint density at radius 2 is 1.62 bits per heavy atom. The molecule has 5 nitrogen and oxygen atoms in total. The minimum absolute atomic E-state index is 0.00837. The molecule has 0 N–H and O–H groups in total. The summed E-state index contributed by atoms with van der Waals surface area (Å²) in [6, 6.07) is 17.9. The summed E-state index contributed by atoms with van der Waals surface area (Å²) < 4.78 is 0. The Labute approximate surface area is 152 Å². The van der Waals surface area contributed by atoms with E-state index in [9.17, 15) is 10.1 Å². The maximum Gasteiger partial charge on any atom is 0.224 e. The Morgan fingerprint density at radius 1 is 1.00 bits per heavy atom. The molecule has 2 aromatic rings. The SMILES string of the molecule is CN1C2C3c4ccccc4C1C1(C[N+](=O)[O-])C2c2ccccc2C3N1C. The number of nitrogens with zero attached hydrogens (tertiary/aromatic N) is 3. The fourth-order valence-corrected chi connectivity index (χ4v) is 7.11. The number of likely N-dealkylation sites (N-methyl/N-ethyl adjacent to an activating group) is 2. The van der Waals surface area contributed by atoms with Gasteiger partial charge in [-0.05, 0) is 36.3 Å². The molecular weight excluding hydrogens is 326 g/mol. The van der Waals surface area contributed by atoms with Crippen molar-refractivity contribution in [2.75, 3.05) is 20.6 Å². The second-order valence-corrected chi connectivity index (χ2v) is 8.36. The normalized spacial score (nSPS) is 39.1. The van der Waals surface area contributed by atoms with Crippen LogP contribution in [-0.2, 0) is 0 Å². The van der Waals surface area contributed by atoms with Crippen LogP contribution >= 0.6 is 0 Å². The zero-order valence-corrected chi connectivity index (χ0v) is 14.9. The third-order valence-corrected chi connectivity index (χ3v) is 7.69. The fraction of sp³-hybridized carbons (Fsp3) is 0.429. The lowest BCUT2D eigenvalue weighted by Crippen LogP contribution is -2.64. The molecule has 0 aromatic heterocycles. The van der Waals surface area contributed by atoms with Crippen LogP contribution in [0.25, 0.3) is 0 Å². The first-order chi connectivity index (χ1) is 12.6. The highest BCUT2D eigenvalue weighted by Crippen LogP contribution is 2.72. The minimum Gasteiger partial charge on any atom is -0.293 e. The maximum absolute atomic E-state index is 11.8. The minimum atomic E-state index is -0.481. The van der Waals surface area contributed by atoms with Gasteiger partial charge in [-0.3, -0.25) is 19.9 Å². The van der Waals surface area contributed by atoms with Gasteiger partial charge in [0.1, 0.15) is 5.54 Å². The third-order valence-electron chi connectivity index (χ3n) is 7.69. The molecule has 6 atom stereocenters. The largest absolute Gasteiger partial charge is 0.293 e. The number of piperidine rings is 1. The van der Waals surface area contributed by atoms with Crippen LogP contribution in [0.4, 0.5) is 0 Å². The van der Waals surface area contributed by atoms with Crippen molar-refractivity contribution in [2.24, 2.45) is 0 Å². The van der Waals surface area contributed by atoms with Gasteiger partial charge in [-0.2, -0.15) is 0 Å². The number of hydrogen-bond donors (Lipinski definition) is 0. The highest BCUT2D eigenvalue weighted by Gasteiger charge is 2.75. The number of rotatable bonds is 2. The van der Waals surface area contributed by atoms with Gasteiger partial charge in [0.25, 0.3) is 0 Å². The molecule has 2 aromatic carbocycles. The molecular formula is C21H21N3O2. The van der Waals surface area contributed by atoms with Crippen LogP contribution in [0.5, 0.6) is 0 Å². The van der Waals surface area contributed by atoms with Gasteiger partial charge >= 0.3 is 0 Å². The van der Waals surface area contributed by atoms with Crippen molar-refractivity contribution in [3.05, 3.63) is 80.9 Å². The molecule has 5 aliphatic rings. The van der Waals surface area contributed by atoms with Gasteiger partial charge < -0.3 is 0 Å². The molecule has 0 amide bonds. The standard InChI is InChI=1S/C21H21N3O2/c1-22-19-16-12-7-3-6-10-15(12)20(22)21(11-24(25)26)17(19)13-8-4-5-9-14(13)18(16)23(21)2/h3-10,16-20H,11H2,1-2H3. The van der Waals surface area contributed by atoms with Gasteiger partial charge in [-0.1, -0.05) is 48.5 Å². The predicted octanol–water partition coefficient (Wildman–Crippen LogP) is 2.94. The van der Waals surface area contributed by atoms with Gasteiger partial charge in [0.2, 0.25) is 6.54 Å². The van der Waals surface area contributed by atoms with Gasteiger partial charge in [-0.15, -0.1) is 0 Å². The van der Waals surface area contributed by atoms with Crippen molar-refractivity contribution in [2.45, 2.75) is 35.5 Å². The number of fused-ring (bicyclic) bond motifs is 2. The van der Waals surface area contributed by atoms with E-state index in [1.165, 1.54) is 22.3 Å². The maximum atomic E-state index is 11.8. The van der Waals surface area contributed by atoms with Crippen molar-refractivity contribution >= 4 is 0 Å². The van der Waals surface area contributed by atoms with E-state index in [2.05, 4.69) is 72.4 Å². The number of benzene rings is 2. The summed E-state index contributed by atoms with van der Waals surface area (Å²) in [4.78, 5) is 16.6. The lowest BCUT2D eigenvalue weighted by atomic mass is 9.59. The van der Waals surface area contributed by atoms with E-state index in [4.69, 9.17) is 0 Å². The summed E-state index contributed by atoms with van der Waals surface area (Å²) in [6.07, 6.45) is 0. The predicted molar refractivity (Wildman–Crippen MR) is 97.8 cm³/mol. The molecule has 3 heterocycles. The fourth-order valence-electron chi connectivity index (χ4n) is 7.11. The van der Waals surface area contributed by atoms with Crippen LogP contribution < -0.4 is 0 Å². The first kappa shape index (κ1) is 14.9. The van der Waals surface area contributed by atoms with Crippen molar-refractivity contribution in [1.82, 2.24) is 9.80 Å². The highest BCUT2D eigenvalue weighted by atomic mass is 16.6. The summed E-state index contributed by atoms with van der Waals surface area (Å²) in [7, 11) is 4.30. The van der Waals surface area contributed by atoms with Gasteiger partial charge in [0, 0.05) is 28.8 Å². The molecule has 6 bridgehead atoms. The van der Waals surface area contributed by atoms with E-state index in [-0.39, 0.29) is 29.5 Å². The van der Waals surface area contributed by atoms with E-state index in [0.29, 0.717) is 12.0 Å². The van der Waals surface area contributed by atoms with Crippen molar-refractivity contribution in [3.63, 3.8) is 0 Å². The van der Waals surface area contributed by atoms with Crippen LogP contribution in [0.2, 0.25) is 0 Å². The first-order valence-electron chi connectivity index (χ1n) is 9.31. The Balaban J connectivity index is 1.74. The third kappa shape index (κ3) is 1.37. The van der Waals surface area contributed by atoms with Gasteiger partial charge in [0.15, 0.2) is 0 Å². The number of likely N-dealkylation sites (tertiary alicyclic amines) is 1. The zero-order chi connectivity index (χ0) is 17.8. The molecule has 6 unspecified atom stereocenters. The van der Waals surface area contributed by atoms with Crippen LogP contribution in [0, 0.1) is 10.1 Å². The Morgan fingerprint density at radius 3 is 2.31 bits per heavy atom. The van der Waals surface area contributed by atoms with E-state index >= 15 is 0 Å². The topological polar surface area (TPSA) is 49.6 Å². The quantitative estimate of drug-likeness (QED) is 0.619. The monoisotopic (exact) mass is 347 g/mol. The lowest BCUT2D eigenvalue weighted by molar-refractivity contribution is -0.498. The Kier molecular flexibility index (Phi) is 2.59. The van der Waals surface area contributed by atoms with Crippen molar-refractivity contribution in [3.8, 4) is 0 Å². The summed E-state index contributed by atoms with van der Waals surface area (Å²) in [6.45, 7) is -0.00837. The highest BCUT2D eigenvalue weighted by molar-refractivity contribution is 5.57. The number of nitro groups is 1. The average molecular weight is 347 g/mol. The van der Waals surface area contributed by atoms with Crippen LogP contribution in [-0.4, -0.2) is 46.9 Å². The van der Waals surface area contributed by atoms with E-state index in [1.807, 2.05) is 0 Å². The number of hydrogen-bond acceptors (Lipinski definition) is 4. The Bertz CT molecular complexity index is 960. The molecule has 26 heavy (non-hydrogen) atoms. The molecule has 2 saturated heterocycles. The van der Waals surface area contributed by atoms with E-state index in [1.54, 1.807) is 0 Å². The molecule has 2 fully saturated rings. The van der Waals surface area contributed by atoms with Crippen molar-refractivity contribution < 1.29 is 4.92 Å². The molecule has 3 aliphatic heterocycles. The summed E-state index contributed by atoms with van der Waals surface area (Å²) >= 11 is 0. The smallest absolute Gasteiger partial charge is 0.224 e.